The molecule has 4 nitrogen and oxygen atoms in total. The van der Waals surface area contributed by atoms with Gasteiger partial charge in [0.15, 0.2) is 0 Å². The maximum atomic E-state index is 10.1. The third-order valence-electron chi connectivity index (χ3n) is 0.577. The zero-order chi connectivity index (χ0) is 10.0. The Hall–Kier alpha value is 1.48. The van der Waals surface area contributed by atoms with Crippen molar-refractivity contribution in [3.05, 3.63) is 0 Å². The molecule has 76 valence electrons. The van der Waals surface area contributed by atoms with Crippen LogP contribution in [0.1, 0.15) is 20.8 Å². The van der Waals surface area contributed by atoms with Crippen molar-refractivity contribution in [3.63, 3.8) is 0 Å². The van der Waals surface area contributed by atoms with Crippen LogP contribution in [0.15, 0.2) is 0 Å². The fourth-order valence-electron chi connectivity index (χ4n) is 0.283. The van der Waals surface area contributed by atoms with E-state index in [0.717, 1.165) is 0 Å². The Bertz CT molecular complexity index is 75.9. The Labute approximate surface area is 123 Å². The predicted octanol–water partition coefficient (Wildman–Crippen LogP) is -4.29. The molecule has 0 heterocycles. The summed E-state index contributed by atoms with van der Waals surface area (Å²) in [4.78, 5) is 0. The van der Waals surface area contributed by atoms with Gasteiger partial charge in [-0.25, -0.2) is 0 Å². The molecule has 0 radical (unpaired) electrons. The molecule has 0 unspecified atom stereocenters. The summed E-state index contributed by atoms with van der Waals surface area (Å²) >= 11 is 0. The van der Waals surface area contributed by atoms with E-state index in [9.17, 15) is 5.11 Å². The Morgan fingerprint density at radius 3 is 1.46 bits per heavy atom. The van der Waals surface area contributed by atoms with Gasteiger partial charge >= 0.3 is 51.4 Å². The Balaban J connectivity index is -0.000000150. The van der Waals surface area contributed by atoms with Crippen LogP contribution >= 0.6 is 0 Å². The maximum absolute atomic E-state index is 10.1. The molecule has 13 heavy (non-hydrogen) atoms. The van der Waals surface area contributed by atoms with Crippen molar-refractivity contribution in [2.75, 3.05) is 26.3 Å². The number of nitrogens with one attached hydrogen (secondary N) is 1. The Kier molecular flexibility index (Phi) is 20.7. The van der Waals surface area contributed by atoms with E-state index in [4.69, 9.17) is 10.2 Å². The van der Waals surface area contributed by atoms with E-state index >= 15 is 0 Å². The molecule has 0 aliphatic carbocycles. The molecule has 0 aromatic rings. The molecule has 0 saturated heterocycles. The molecular formula is C8H20KNO3. The van der Waals surface area contributed by atoms with Crippen LogP contribution in [-0.2, 0) is 0 Å². The average molecular weight is 217 g/mol. The van der Waals surface area contributed by atoms with Gasteiger partial charge in [-0.1, -0.05) is 20.8 Å². The van der Waals surface area contributed by atoms with Crippen molar-refractivity contribution >= 4 is 0 Å². The van der Waals surface area contributed by atoms with Crippen LogP contribution in [-0.4, -0.2) is 42.1 Å². The number of rotatable bonds is 4. The van der Waals surface area contributed by atoms with Gasteiger partial charge in [0.1, 0.15) is 0 Å². The number of hydrogen-bond acceptors (Lipinski definition) is 4. The van der Waals surface area contributed by atoms with Gasteiger partial charge in [-0.2, -0.15) is 0 Å². The quantitative estimate of drug-likeness (QED) is 0.329. The summed E-state index contributed by atoms with van der Waals surface area (Å²) in [5.41, 5.74) is -0.750. The molecule has 0 aromatic carbocycles. The minimum absolute atomic E-state index is 0. The van der Waals surface area contributed by atoms with Gasteiger partial charge < -0.3 is 20.6 Å². The van der Waals surface area contributed by atoms with Crippen LogP contribution < -0.4 is 61.8 Å². The normalized spacial score (nSPS) is 9.69. The minimum atomic E-state index is -0.750. The first-order chi connectivity index (χ1) is 5.41. The van der Waals surface area contributed by atoms with Crippen LogP contribution in [0.3, 0.4) is 0 Å². The van der Waals surface area contributed by atoms with E-state index in [2.05, 4.69) is 5.32 Å². The monoisotopic (exact) mass is 217 g/mol. The van der Waals surface area contributed by atoms with Crippen molar-refractivity contribution in [2.24, 2.45) is 0 Å². The van der Waals surface area contributed by atoms with E-state index in [1.807, 2.05) is 0 Å². The predicted molar refractivity (Wildman–Crippen MR) is 46.8 cm³/mol. The first kappa shape index (κ1) is 20.0. The molecule has 5 heteroatoms. The molecule has 0 rings (SSSR count). The topological polar surface area (TPSA) is 75.5 Å². The molecule has 0 saturated carbocycles. The first-order valence-corrected chi connectivity index (χ1v) is 4.04. The average Bonchev–Trinajstić information content (AvgIpc) is 1.85. The molecule has 0 spiro atoms. The van der Waals surface area contributed by atoms with E-state index in [-0.39, 0.29) is 64.6 Å². The zero-order valence-electron chi connectivity index (χ0n) is 9.13. The van der Waals surface area contributed by atoms with E-state index in [1.54, 1.807) is 20.8 Å². The Morgan fingerprint density at radius 2 is 1.31 bits per heavy atom. The zero-order valence-corrected chi connectivity index (χ0v) is 12.3. The molecule has 0 aromatic heterocycles. The second-order valence-corrected chi connectivity index (χ2v) is 3.31. The summed E-state index contributed by atoms with van der Waals surface area (Å²) < 4.78 is 0. The molecular weight excluding hydrogens is 197 g/mol. The van der Waals surface area contributed by atoms with Crippen molar-refractivity contribution in [1.29, 1.82) is 0 Å². The van der Waals surface area contributed by atoms with Gasteiger partial charge in [0, 0.05) is 13.1 Å². The second kappa shape index (κ2) is 13.5. The molecule has 0 amide bonds. The molecule has 0 fully saturated rings. The van der Waals surface area contributed by atoms with Gasteiger partial charge in [-0.15, -0.1) is 5.60 Å². The molecule has 0 aliphatic heterocycles. The van der Waals surface area contributed by atoms with Crippen LogP contribution in [0.2, 0.25) is 0 Å². The van der Waals surface area contributed by atoms with Gasteiger partial charge in [0.25, 0.3) is 0 Å². The minimum Gasteiger partial charge on any atom is -0.850 e. The van der Waals surface area contributed by atoms with E-state index in [1.165, 1.54) is 0 Å². The van der Waals surface area contributed by atoms with Crippen LogP contribution in [0.4, 0.5) is 0 Å². The molecule has 3 N–H and O–H groups in total. The third-order valence-corrected chi connectivity index (χ3v) is 0.577. The maximum Gasteiger partial charge on any atom is 1.00 e. The number of hydrogen-bond donors (Lipinski definition) is 3. The summed E-state index contributed by atoms with van der Waals surface area (Å²) in [5.74, 6) is 0. The fraction of sp³-hybridized carbons (Fsp3) is 1.00. The van der Waals surface area contributed by atoms with E-state index < -0.39 is 5.60 Å². The van der Waals surface area contributed by atoms with Crippen molar-refractivity contribution in [1.82, 2.24) is 5.32 Å². The number of aliphatic hydroxyl groups excluding tert-OH is 2. The summed E-state index contributed by atoms with van der Waals surface area (Å²) in [7, 11) is 0. The molecule has 0 atom stereocenters. The van der Waals surface area contributed by atoms with Gasteiger partial charge in [-0.3, -0.25) is 0 Å². The molecule has 0 aliphatic rings. The second-order valence-electron chi connectivity index (χ2n) is 3.31. The fourth-order valence-corrected chi connectivity index (χ4v) is 0.283. The molecule has 0 bridgehead atoms. The van der Waals surface area contributed by atoms with Crippen molar-refractivity contribution in [2.45, 2.75) is 26.4 Å². The standard InChI is InChI=1S/C4H11NO2.C4H9O.K/c6-3-1-5-2-4-7;1-4(2,3)5;/h5-7H,1-4H2;1-3H3;/q;-1;+1. The summed E-state index contributed by atoms with van der Waals surface area (Å²) in [6.07, 6.45) is 0. The summed E-state index contributed by atoms with van der Waals surface area (Å²) in [6, 6.07) is 0. The van der Waals surface area contributed by atoms with Crippen LogP contribution in [0, 0.1) is 0 Å². The largest absolute Gasteiger partial charge is 1.00 e. The van der Waals surface area contributed by atoms with Crippen molar-refractivity contribution in [3.8, 4) is 0 Å². The van der Waals surface area contributed by atoms with Gasteiger partial charge in [-0.05, 0) is 0 Å². The third kappa shape index (κ3) is 59.2. The first-order valence-electron chi connectivity index (χ1n) is 4.04. The summed E-state index contributed by atoms with van der Waals surface area (Å²) in [5, 5.41) is 29.2. The van der Waals surface area contributed by atoms with Gasteiger partial charge in [0.2, 0.25) is 0 Å². The Morgan fingerprint density at radius 1 is 1.08 bits per heavy atom. The van der Waals surface area contributed by atoms with Crippen LogP contribution in [0.5, 0.6) is 0 Å². The van der Waals surface area contributed by atoms with Crippen molar-refractivity contribution < 1.29 is 66.7 Å². The smallest absolute Gasteiger partial charge is 0.850 e. The van der Waals surface area contributed by atoms with Gasteiger partial charge in [0.05, 0.1) is 13.2 Å². The summed E-state index contributed by atoms with van der Waals surface area (Å²) in [6.45, 7) is 6.31. The number of aliphatic hydroxyl groups is 2. The van der Waals surface area contributed by atoms with Crippen LogP contribution in [0.25, 0.3) is 0 Å². The van der Waals surface area contributed by atoms with E-state index in [0.29, 0.717) is 13.1 Å². The SMILES string of the molecule is CC(C)(C)[O-].OCCNCCO.[K+].